The van der Waals surface area contributed by atoms with E-state index < -0.39 is 0 Å². The van der Waals surface area contributed by atoms with Gasteiger partial charge in [-0.15, -0.1) is 11.3 Å². The van der Waals surface area contributed by atoms with Crippen LogP contribution in [0.5, 0.6) is 0 Å². The van der Waals surface area contributed by atoms with Crippen LogP contribution in [0.15, 0.2) is 6.20 Å². The van der Waals surface area contributed by atoms with Crippen LogP contribution < -0.4 is 0 Å². The number of carbonyl (C=O) groups excluding carboxylic acids is 1. The van der Waals surface area contributed by atoms with Gasteiger partial charge in [-0.2, -0.15) is 0 Å². The Morgan fingerprint density at radius 3 is 2.73 bits per heavy atom. The monoisotopic (exact) mass is 342 g/mol. The van der Waals surface area contributed by atoms with E-state index in [0.717, 1.165) is 61.3 Å². The van der Waals surface area contributed by atoms with Crippen LogP contribution in [0, 0.1) is 5.92 Å². The summed E-state index contributed by atoms with van der Waals surface area (Å²) in [6.07, 6.45) is 6.40. The van der Waals surface area contributed by atoms with Gasteiger partial charge in [-0.3, -0.25) is 4.79 Å². The van der Waals surface area contributed by atoms with Crippen LogP contribution >= 0.6 is 22.9 Å². The Balaban J connectivity index is 1.53. The molecule has 2 aliphatic rings. The Hall–Kier alpha value is -0.650. The fraction of sp³-hybridized carbons (Fsp3) is 0.750. The van der Waals surface area contributed by atoms with Crippen molar-refractivity contribution < 1.29 is 9.53 Å². The lowest BCUT2D eigenvalue weighted by Crippen LogP contribution is -2.44. The van der Waals surface area contributed by atoms with E-state index >= 15 is 0 Å². The summed E-state index contributed by atoms with van der Waals surface area (Å²) in [5, 5.41) is 1.11. The zero-order valence-corrected chi connectivity index (χ0v) is 14.6. The second-order valence-electron chi connectivity index (χ2n) is 6.67. The quantitative estimate of drug-likeness (QED) is 0.844. The molecule has 2 saturated heterocycles. The number of hydrogen-bond acceptors (Lipinski definition) is 4. The molecule has 3 heterocycles. The predicted octanol–water partition coefficient (Wildman–Crippen LogP) is 3.49. The van der Waals surface area contributed by atoms with E-state index in [2.05, 4.69) is 11.9 Å². The minimum atomic E-state index is 0.0628. The summed E-state index contributed by atoms with van der Waals surface area (Å²) in [7, 11) is 0. The SMILES string of the molecule is CC1(c2ncc(Cl)s2)CCN(C(=O)CC2CCOCC2)CC1. The maximum absolute atomic E-state index is 12.5. The number of likely N-dealkylation sites (tertiary alicyclic amines) is 1. The molecule has 3 rings (SSSR count). The molecule has 0 unspecified atom stereocenters. The summed E-state index contributed by atoms with van der Waals surface area (Å²) in [5.41, 5.74) is 0.0628. The largest absolute Gasteiger partial charge is 0.381 e. The Bertz CT molecular complexity index is 520. The standard InChI is InChI=1S/C16H23ClN2O2S/c1-16(15-18-11-13(17)22-15)4-6-19(7-5-16)14(20)10-12-2-8-21-9-3-12/h11-12H,2-10H2,1H3. The smallest absolute Gasteiger partial charge is 0.222 e. The first-order valence-corrected chi connectivity index (χ1v) is 9.24. The van der Waals surface area contributed by atoms with Crippen molar-refractivity contribution in [3.05, 3.63) is 15.5 Å². The van der Waals surface area contributed by atoms with Crippen molar-refractivity contribution in [1.82, 2.24) is 9.88 Å². The van der Waals surface area contributed by atoms with E-state index in [9.17, 15) is 4.79 Å². The van der Waals surface area contributed by atoms with Crippen LogP contribution in [0.25, 0.3) is 0 Å². The highest BCUT2D eigenvalue weighted by atomic mass is 35.5. The molecule has 122 valence electrons. The molecular weight excluding hydrogens is 320 g/mol. The number of hydrogen-bond donors (Lipinski definition) is 0. The van der Waals surface area contributed by atoms with Gasteiger partial charge in [0, 0.05) is 38.1 Å². The van der Waals surface area contributed by atoms with Crippen LogP contribution in [-0.4, -0.2) is 42.1 Å². The number of amides is 1. The van der Waals surface area contributed by atoms with Gasteiger partial charge >= 0.3 is 0 Å². The van der Waals surface area contributed by atoms with Crippen molar-refractivity contribution in [1.29, 1.82) is 0 Å². The van der Waals surface area contributed by atoms with Gasteiger partial charge < -0.3 is 9.64 Å². The van der Waals surface area contributed by atoms with Gasteiger partial charge in [-0.05, 0) is 31.6 Å². The molecular formula is C16H23ClN2O2S. The summed E-state index contributed by atoms with van der Waals surface area (Å²) in [4.78, 5) is 18.9. The molecule has 0 N–H and O–H groups in total. The minimum absolute atomic E-state index is 0.0628. The fourth-order valence-electron chi connectivity index (χ4n) is 3.32. The van der Waals surface area contributed by atoms with Gasteiger partial charge in [0.1, 0.15) is 9.34 Å². The first-order valence-electron chi connectivity index (χ1n) is 8.04. The van der Waals surface area contributed by atoms with Gasteiger partial charge in [0.15, 0.2) is 0 Å². The summed E-state index contributed by atoms with van der Waals surface area (Å²) in [5.74, 6) is 0.818. The van der Waals surface area contributed by atoms with Gasteiger partial charge in [0.2, 0.25) is 5.91 Å². The zero-order chi connectivity index (χ0) is 15.6. The molecule has 0 spiro atoms. The van der Waals surface area contributed by atoms with Crippen LogP contribution in [0.1, 0.15) is 44.0 Å². The number of halogens is 1. The van der Waals surface area contributed by atoms with Crippen molar-refractivity contribution in [2.45, 2.75) is 44.4 Å². The average Bonchev–Trinajstić information content (AvgIpc) is 2.96. The molecule has 1 amide bonds. The number of ether oxygens (including phenoxy) is 1. The Kier molecular flexibility index (Phi) is 5.05. The Morgan fingerprint density at radius 2 is 2.14 bits per heavy atom. The molecule has 22 heavy (non-hydrogen) atoms. The molecule has 6 heteroatoms. The summed E-state index contributed by atoms with van der Waals surface area (Å²) in [6, 6.07) is 0. The number of thiazole rings is 1. The molecule has 1 aromatic heterocycles. The summed E-state index contributed by atoms with van der Waals surface area (Å²) >= 11 is 7.58. The highest BCUT2D eigenvalue weighted by molar-refractivity contribution is 7.15. The van der Waals surface area contributed by atoms with Crippen LogP contribution in [-0.2, 0) is 14.9 Å². The van der Waals surface area contributed by atoms with E-state index in [1.165, 1.54) is 0 Å². The van der Waals surface area contributed by atoms with Gasteiger partial charge in [0.05, 0.1) is 6.20 Å². The minimum Gasteiger partial charge on any atom is -0.381 e. The number of rotatable bonds is 3. The fourth-order valence-corrected chi connectivity index (χ4v) is 4.44. The maximum atomic E-state index is 12.5. The third-order valence-corrected chi connectivity index (χ3v) is 6.44. The average molecular weight is 343 g/mol. The summed E-state index contributed by atoms with van der Waals surface area (Å²) in [6.45, 7) is 5.51. The van der Waals surface area contributed by atoms with Gasteiger partial charge in [0.25, 0.3) is 0 Å². The van der Waals surface area contributed by atoms with E-state index in [1.807, 2.05) is 4.90 Å². The second-order valence-corrected chi connectivity index (χ2v) is 8.33. The lowest BCUT2D eigenvalue weighted by molar-refractivity contribution is -0.134. The van der Waals surface area contributed by atoms with Crippen molar-refractivity contribution in [3.63, 3.8) is 0 Å². The molecule has 0 aromatic carbocycles. The molecule has 1 aromatic rings. The van der Waals surface area contributed by atoms with Gasteiger partial charge in [-0.25, -0.2) is 4.98 Å². The molecule has 0 bridgehead atoms. The maximum Gasteiger partial charge on any atom is 0.222 e. The molecule has 2 aliphatic heterocycles. The Morgan fingerprint density at radius 1 is 1.45 bits per heavy atom. The van der Waals surface area contributed by atoms with Crippen LogP contribution in [0.2, 0.25) is 4.34 Å². The first kappa shape index (κ1) is 16.2. The highest BCUT2D eigenvalue weighted by Crippen LogP contribution is 2.38. The predicted molar refractivity (Wildman–Crippen MR) is 88.5 cm³/mol. The normalized spacial score (nSPS) is 22.7. The second kappa shape index (κ2) is 6.85. The van der Waals surface area contributed by atoms with E-state index in [0.29, 0.717) is 18.2 Å². The van der Waals surface area contributed by atoms with Crippen LogP contribution in [0.4, 0.5) is 0 Å². The Labute approximate surface area is 140 Å². The molecule has 0 radical (unpaired) electrons. The highest BCUT2D eigenvalue weighted by Gasteiger charge is 2.36. The first-order chi connectivity index (χ1) is 10.6. The van der Waals surface area contributed by atoms with E-state index in [1.54, 1.807) is 17.5 Å². The molecule has 0 saturated carbocycles. The molecule has 0 aliphatic carbocycles. The number of nitrogens with zero attached hydrogens (tertiary/aromatic N) is 2. The third kappa shape index (κ3) is 3.63. The van der Waals surface area contributed by atoms with E-state index in [-0.39, 0.29) is 5.41 Å². The number of aromatic nitrogens is 1. The summed E-state index contributed by atoms with van der Waals surface area (Å²) < 4.78 is 6.11. The molecule has 2 fully saturated rings. The van der Waals surface area contributed by atoms with Crippen molar-refractivity contribution in [2.75, 3.05) is 26.3 Å². The molecule has 0 atom stereocenters. The van der Waals surface area contributed by atoms with E-state index in [4.69, 9.17) is 16.3 Å². The lowest BCUT2D eigenvalue weighted by Gasteiger charge is -2.38. The lowest BCUT2D eigenvalue weighted by atomic mass is 9.80. The zero-order valence-electron chi connectivity index (χ0n) is 13.0. The van der Waals surface area contributed by atoms with Crippen molar-refractivity contribution >= 4 is 28.8 Å². The van der Waals surface area contributed by atoms with Crippen molar-refractivity contribution in [2.24, 2.45) is 5.92 Å². The topological polar surface area (TPSA) is 42.4 Å². The van der Waals surface area contributed by atoms with Gasteiger partial charge in [-0.1, -0.05) is 18.5 Å². The molecule has 4 nitrogen and oxygen atoms in total. The number of piperidine rings is 1. The van der Waals surface area contributed by atoms with Crippen LogP contribution in [0.3, 0.4) is 0 Å². The van der Waals surface area contributed by atoms with Crippen molar-refractivity contribution in [3.8, 4) is 0 Å². The third-order valence-electron chi connectivity index (χ3n) is 5.02. The number of carbonyl (C=O) groups is 1.